The van der Waals surface area contributed by atoms with Gasteiger partial charge < -0.3 is 10.1 Å². The van der Waals surface area contributed by atoms with Crippen LogP contribution in [0.15, 0.2) is 54.6 Å². The van der Waals surface area contributed by atoms with Crippen molar-refractivity contribution >= 4 is 17.7 Å². The number of benzene rings is 2. The maximum Gasteiger partial charge on any atom is 0.261 e. The molecule has 2 aromatic carbocycles. The van der Waals surface area contributed by atoms with Crippen molar-refractivity contribution in [1.82, 2.24) is 10.6 Å². The SMILES string of the molecule is C[C@H](Oc1ccc(-c2ccccc2)cc1)C(=O)N[C@@H]1CCC(=O)NC1=O. The van der Waals surface area contributed by atoms with E-state index in [0.717, 1.165) is 11.1 Å². The van der Waals surface area contributed by atoms with E-state index in [1.54, 1.807) is 19.1 Å². The summed E-state index contributed by atoms with van der Waals surface area (Å²) in [5, 5.41) is 4.83. The Morgan fingerprint density at radius 2 is 1.73 bits per heavy atom. The van der Waals surface area contributed by atoms with Gasteiger partial charge in [-0.25, -0.2) is 0 Å². The van der Waals surface area contributed by atoms with Crippen LogP contribution in [-0.2, 0) is 14.4 Å². The Labute approximate surface area is 151 Å². The van der Waals surface area contributed by atoms with Crippen LogP contribution in [0.25, 0.3) is 11.1 Å². The van der Waals surface area contributed by atoms with Gasteiger partial charge in [0.15, 0.2) is 6.10 Å². The molecular weight excluding hydrogens is 332 g/mol. The van der Waals surface area contributed by atoms with Gasteiger partial charge in [0.1, 0.15) is 11.8 Å². The topological polar surface area (TPSA) is 84.5 Å². The molecule has 0 aromatic heterocycles. The van der Waals surface area contributed by atoms with Crippen molar-refractivity contribution in [2.45, 2.75) is 31.9 Å². The Morgan fingerprint density at radius 1 is 1.08 bits per heavy atom. The van der Waals surface area contributed by atoms with Crippen LogP contribution in [0.5, 0.6) is 5.75 Å². The fourth-order valence-electron chi connectivity index (χ4n) is 2.73. The van der Waals surface area contributed by atoms with E-state index in [1.807, 2.05) is 42.5 Å². The summed E-state index contributed by atoms with van der Waals surface area (Å²) in [6.45, 7) is 1.62. The molecule has 2 aromatic rings. The molecule has 6 nitrogen and oxygen atoms in total. The number of imide groups is 1. The summed E-state index contributed by atoms with van der Waals surface area (Å²) in [5.41, 5.74) is 2.15. The number of amides is 3. The van der Waals surface area contributed by atoms with E-state index in [9.17, 15) is 14.4 Å². The van der Waals surface area contributed by atoms with Gasteiger partial charge in [-0.15, -0.1) is 0 Å². The molecule has 0 unspecified atom stereocenters. The number of hydrogen-bond acceptors (Lipinski definition) is 4. The largest absolute Gasteiger partial charge is 0.481 e. The number of carbonyl (C=O) groups excluding carboxylic acids is 3. The number of hydrogen-bond donors (Lipinski definition) is 2. The molecule has 1 fully saturated rings. The lowest BCUT2D eigenvalue weighted by molar-refractivity contribution is -0.138. The lowest BCUT2D eigenvalue weighted by Crippen LogP contribution is -2.54. The normalized spacial score (nSPS) is 18.0. The first-order valence-electron chi connectivity index (χ1n) is 8.49. The molecule has 1 aliphatic heterocycles. The Kier molecular flexibility index (Phi) is 5.31. The van der Waals surface area contributed by atoms with Crippen molar-refractivity contribution in [3.63, 3.8) is 0 Å². The predicted octanol–water partition coefficient (Wildman–Crippen LogP) is 2.04. The van der Waals surface area contributed by atoms with Gasteiger partial charge >= 0.3 is 0 Å². The number of ether oxygens (including phenoxy) is 1. The minimum Gasteiger partial charge on any atom is -0.481 e. The number of nitrogens with one attached hydrogen (secondary N) is 2. The van der Waals surface area contributed by atoms with Gasteiger partial charge in [-0.3, -0.25) is 19.7 Å². The summed E-state index contributed by atoms with van der Waals surface area (Å²) in [6, 6.07) is 16.7. The van der Waals surface area contributed by atoms with Gasteiger partial charge in [0.2, 0.25) is 11.8 Å². The third-order valence-electron chi connectivity index (χ3n) is 4.20. The molecule has 3 rings (SSSR count). The summed E-state index contributed by atoms with van der Waals surface area (Å²) in [6.07, 6.45) is -0.245. The number of piperidine rings is 1. The fourth-order valence-corrected chi connectivity index (χ4v) is 2.73. The van der Waals surface area contributed by atoms with Gasteiger partial charge in [-0.1, -0.05) is 42.5 Å². The lowest BCUT2D eigenvalue weighted by Gasteiger charge is -2.23. The second kappa shape index (κ2) is 7.82. The summed E-state index contributed by atoms with van der Waals surface area (Å²) >= 11 is 0. The van der Waals surface area contributed by atoms with Crippen molar-refractivity contribution in [3.05, 3.63) is 54.6 Å². The van der Waals surface area contributed by atoms with Gasteiger partial charge in [-0.05, 0) is 36.6 Å². The zero-order valence-corrected chi connectivity index (χ0v) is 14.4. The van der Waals surface area contributed by atoms with E-state index in [2.05, 4.69) is 10.6 Å². The van der Waals surface area contributed by atoms with Gasteiger partial charge in [0, 0.05) is 6.42 Å². The Morgan fingerprint density at radius 3 is 2.38 bits per heavy atom. The van der Waals surface area contributed by atoms with Crippen LogP contribution in [-0.4, -0.2) is 29.9 Å². The van der Waals surface area contributed by atoms with Crippen LogP contribution in [0.3, 0.4) is 0 Å². The molecule has 3 amide bonds. The van der Waals surface area contributed by atoms with Gasteiger partial charge in [-0.2, -0.15) is 0 Å². The summed E-state index contributed by atoms with van der Waals surface area (Å²) < 4.78 is 5.65. The first kappa shape index (κ1) is 17.7. The molecule has 6 heteroatoms. The standard InChI is InChI=1S/C20H20N2O4/c1-13(19(24)21-17-11-12-18(23)22-20(17)25)26-16-9-7-15(8-10-16)14-5-3-2-4-6-14/h2-10,13,17H,11-12H2,1H3,(H,21,24)(H,22,23,25)/t13-,17+/m0/s1. The second-order valence-electron chi connectivity index (χ2n) is 6.16. The highest BCUT2D eigenvalue weighted by molar-refractivity contribution is 6.01. The molecule has 134 valence electrons. The van der Waals surface area contributed by atoms with Crippen molar-refractivity contribution in [3.8, 4) is 16.9 Å². The Hall–Kier alpha value is -3.15. The smallest absolute Gasteiger partial charge is 0.261 e. The average Bonchev–Trinajstić information content (AvgIpc) is 2.65. The van der Waals surface area contributed by atoms with E-state index in [1.165, 1.54) is 0 Å². The number of rotatable bonds is 5. The summed E-state index contributed by atoms with van der Waals surface area (Å²) in [5.74, 6) is -0.625. The highest BCUT2D eigenvalue weighted by Gasteiger charge is 2.29. The summed E-state index contributed by atoms with van der Waals surface area (Å²) in [4.78, 5) is 35.1. The Balaban J connectivity index is 1.57. The predicted molar refractivity (Wildman–Crippen MR) is 96.3 cm³/mol. The minimum absolute atomic E-state index is 0.215. The first-order valence-corrected chi connectivity index (χ1v) is 8.49. The van der Waals surface area contributed by atoms with Gasteiger partial charge in [0.05, 0.1) is 0 Å². The molecule has 26 heavy (non-hydrogen) atoms. The molecule has 0 saturated carbocycles. The molecule has 2 N–H and O–H groups in total. The zero-order chi connectivity index (χ0) is 18.5. The Bertz CT molecular complexity index is 802. The van der Waals surface area contributed by atoms with Crippen LogP contribution in [0, 0.1) is 0 Å². The second-order valence-corrected chi connectivity index (χ2v) is 6.16. The molecular formula is C20H20N2O4. The van der Waals surface area contributed by atoms with E-state index in [-0.39, 0.29) is 12.3 Å². The minimum atomic E-state index is -0.761. The molecule has 1 saturated heterocycles. The molecule has 0 aliphatic carbocycles. The monoisotopic (exact) mass is 352 g/mol. The van der Waals surface area contributed by atoms with Crippen LogP contribution in [0.1, 0.15) is 19.8 Å². The maximum absolute atomic E-state index is 12.2. The highest BCUT2D eigenvalue weighted by Crippen LogP contribution is 2.22. The highest BCUT2D eigenvalue weighted by atomic mass is 16.5. The zero-order valence-electron chi connectivity index (χ0n) is 14.4. The van der Waals surface area contributed by atoms with E-state index >= 15 is 0 Å². The van der Waals surface area contributed by atoms with Crippen molar-refractivity contribution in [2.75, 3.05) is 0 Å². The molecule has 2 atom stereocenters. The first-order chi connectivity index (χ1) is 12.5. The van der Waals surface area contributed by atoms with Crippen molar-refractivity contribution < 1.29 is 19.1 Å². The number of carbonyl (C=O) groups is 3. The lowest BCUT2D eigenvalue weighted by atomic mass is 10.1. The van der Waals surface area contributed by atoms with E-state index in [4.69, 9.17) is 4.74 Å². The summed E-state index contributed by atoms with van der Waals surface area (Å²) in [7, 11) is 0. The van der Waals surface area contributed by atoms with Gasteiger partial charge in [0.25, 0.3) is 5.91 Å². The fraction of sp³-hybridized carbons (Fsp3) is 0.250. The molecule has 0 bridgehead atoms. The maximum atomic E-state index is 12.2. The molecule has 1 heterocycles. The van der Waals surface area contributed by atoms with Crippen LogP contribution in [0.2, 0.25) is 0 Å². The van der Waals surface area contributed by atoms with E-state index in [0.29, 0.717) is 12.2 Å². The van der Waals surface area contributed by atoms with E-state index < -0.39 is 24.0 Å². The third kappa shape index (κ3) is 4.27. The molecule has 0 radical (unpaired) electrons. The molecule has 0 spiro atoms. The third-order valence-corrected chi connectivity index (χ3v) is 4.20. The quantitative estimate of drug-likeness (QED) is 0.807. The molecule has 1 aliphatic rings. The van der Waals surface area contributed by atoms with Crippen LogP contribution in [0.4, 0.5) is 0 Å². The van der Waals surface area contributed by atoms with Crippen molar-refractivity contribution in [2.24, 2.45) is 0 Å². The van der Waals surface area contributed by atoms with Crippen molar-refractivity contribution in [1.29, 1.82) is 0 Å². The van der Waals surface area contributed by atoms with Crippen LogP contribution < -0.4 is 15.4 Å². The average molecular weight is 352 g/mol. The van der Waals surface area contributed by atoms with Crippen LogP contribution >= 0.6 is 0 Å².